The second-order valence-corrected chi connectivity index (χ2v) is 4.44. The summed E-state index contributed by atoms with van der Waals surface area (Å²) in [7, 11) is 2.05. The molecule has 14 heavy (non-hydrogen) atoms. The molecule has 1 amide bonds. The molecule has 0 aromatic heterocycles. The largest absolute Gasteiger partial charge is 0.378 e. The highest BCUT2D eigenvalue weighted by molar-refractivity contribution is 5.84. The molecule has 2 aliphatic rings. The summed E-state index contributed by atoms with van der Waals surface area (Å²) >= 11 is 0. The third-order valence-corrected chi connectivity index (χ3v) is 3.46. The number of morpholine rings is 1. The van der Waals surface area contributed by atoms with E-state index in [-0.39, 0.29) is 18.0 Å². The monoisotopic (exact) mass is 199 g/mol. The summed E-state index contributed by atoms with van der Waals surface area (Å²) in [6, 6.07) is 0.472. The zero-order valence-electron chi connectivity index (χ0n) is 8.40. The average Bonchev–Trinajstić information content (AvgIpc) is 2.07. The molecular weight excluding hydrogens is 182 g/mol. The van der Waals surface area contributed by atoms with Crippen LogP contribution in [0.2, 0.25) is 0 Å². The molecule has 0 saturated carbocycles. The zero-order valence-corrected chi connectivity index (χ0v) is 8.40. The van der Waals surface area contributed by atoms with Gasteiger partial charge in [0.2, 0.25) is 5.91 Å². The first-order valence-electron chi connectivity index (χ1n) is 4.91. The lowest BCUT2D eigenvalue weighted by Crippen LogP contribution is -2.67. The molecule has 0 aromatic rings. The van der Waals surface area contributed by atoms with Gasteiger partial charge in [0.25, 0.3) is 0 Å². The Kier molecular flexibility index (Phi) is 2.25. The lowest BCUT2D eigenvalue weighted by molar-refractivity contribution is -0.132. The van der Waals surface area contributed by atoms with Crippen molar-refractivity contribution in [2.45, 2.75) is 30.5 Å². The molecule has 0 aliphatic carbocycles. The van der Waals surface area contributed by atoms with Crippen molar-refractivity contribution < 1.29 is 9.53 Å². The van der Waals surface area contributed by atoms with Crippen LogP contribution in [-0.2, 0) is 9.53 Å². The maximum absolute atomic E-state index is 11.3. The first-order valence-corrected chi connectivity index (χ1v) is 4.91. The van der Waals surface area contributed by atoms with E-state index in [1.165, 1.54) is 0 Å². The maximum atomic E-state index is 11.3. The van der Waals surface area contributed by atoms with Gasteiger partial charge in [-0.25, -0.2) is 0 Å². The van der Waals surface area contributed by atoms with E-state index in [9.17, 15) is 4.79 Å². The van der Waals surface area contributed by atoms with Gasteiger partial charge in [-0.1, -0.05) is 0 Å². The highest BCUT2D eigenvalue weighted by Crippen LogP contribution is 2.31. The van der Waals surface area contributed by atoms with Gasteiger partial charge in [0.15, 0.2) is 0 Å². The van der Waals surface area contributed by atoms with Gasteiger partial charge in [-0.3, -0.25) is 9.69 Å². The number of hydrogen-bond donors (Lipinski definition) is 2. The van der Waals surface area contributed by atoms with Gasteiger partial charge in [0.1, 0.15) is 0 Å². The van der Waals surface area contributed by atoms with Gasteiger partial charge in [-0.05, 0) is 19.9 Å². The fourth-order valence-electron chi connectivity index (χ4n) is 2.40. The highest BCUT2D eigenvalue weighted by Gasteiger charge is 2.46. The SMILES string of the molecule is CN1C2COCC1CC(N)(C(N)=O)C2. The molecule has 4 N–H and O–H groups in total. The molecule has 2 bridgehead atoms. The number of carbonyl (C=O) groups excluding carboxylic acids is 1. The van der Waals surface area contributed by atoms with Crippen LogP contribution in [0.1, 0.15) is 12.8 Å². The van der Waals surface area contributed by atoms with E-state index in [0.717, 1.165) is 0 Å². The van der Waals surface area contributed by atoms with Crippen molar-refractivity contribution in [3.05, 3.63) is 0 Å². The summed E-state index contributed by atoms with van der Waals surface area (Å²) < 4.78 is 5.43. The minimum absolute atomic E-state index is 0.236. The standard InChI is InChI=1S/C9H17N3O2/c1-12-6-2-9(11,8(10)13)3-7(12)5-14-4-6/h6-7H,2-5,11H2,1H3,(H2,10,13). The number of piperidine rings is 1. The van der Waals surface area contributed by atoms with E-state index in [4.69, 9.17) is 16.2 Å². The van der Waals surface area contributed by atoms with Crippen LogP contribution in [0.5, 0.6) is 0 Å². The average molecular weight is 199 g/mol. The first kappa shape index (κ1) is 9.89. The van der Waals surface area contributed by atoms with Gasteiger partial charge >= 0.3 is 0 Å². The Labute approximate surface area is 83.4 Å². The highest BCUT2D eigenvalue weighted by atomic mass is 16.5. The zero-order chi connectivity index (χ0) is 10.3. The minimum atomic E-state index is -0.828. The molecule has 2 fully saturated rings. The molecular formula is C9H17N3O2. The smallest absolute Gasteiger partial charge is 0.237 e. The predicted octanol–water partition coefficient (Wildman–Crippen LogP) is -1.34. The molecule has 5 heteroatoms. The molecule has 80 valence electrons. The number of hydrogen-bond acceptors (Lipinski definition) is 4. The number of likely N-dealkylation sites (N-methyl/N-ethyl adjacent to an activating group) is 1. The molecule has 0 spiro atoms. The van der Waals surface area contributed by atoms with Crippen LogP contribution < -0.4 is 11.5 Å². The third kappa shape index (κ3) is 1.41. The van der Waals surface area contributed by atoms with E-state index in [2.05, 4.69) is 11.9 Å². The van der Waals surface area contributed by atoms with Gasteiger partial charge in [-0.15, -0.1) is 0 Å². The van der Waals surface area contributed by atoms with E-state index in [0.29, 0.717) is 26.1 Å². The Morgan fingerprint density at radius 1 is 1.43 bits per heavy atom. The topological polar surface area (TPSA) is 81.6 Å². The van der Waals surface area contributed by atoms with Crippen LogP contribution in [0, 0.1) is 0 Å². The number of rotatable bonds is 1. The number of carbonyl (C=O) groups is 1. The van der Waals surface area contributed by atoms with Crippen LogP contribution >= 0.6 is 0 Å². The molecule has 2 heterocycles. The van der Waals surface area contributed by atoms with Gasteiger partial charge in [0.05, 0.1) is 18.8 Å². The lowest BCUT2D eigenvalue weighted by Gasteiger charge is -2.49. The Balaban J connectivity index is 2.18. The van der Waals surface area contributed by atoms with E-state index < -0.39 is 5.54 Å². The second-order valence-electron chi connectivity index (χ2n) is 4.44. The summed E-state index contributed by atoms with van der Waals surface area (Å²) in [5.41, 5.74) is 10.5. The second kappa shape index (κ2) is 3.18. The Bertz CT molecular complexity index is 242. The van der Waals surface area contributed by atoms with Crippen molar-refractivity contribution in [1.82, 2.24) is 4.90 Å². The van der Waals surface area contributed by atoms with Crippen molar-refractivity contribution in [3.63, 3.8) is 0 Å². The molecule has 0 radical (unpaired) electrons. The van der Waals surface area contributed by atoms with E-state index in [1.54, 1.807) is 0 Å². The summed E-state index contributed by atoms with van der Waals surface area (Å²) in [5, 5.41) is 0. The number of nitrogens with zero attached hydrogens (tertiary/aromatic N) is 1. The number of ether oxygens (including phenoxy) is 1. The van der Waals surface area contributed by atoms with E-state index in [1.807, 2.05) is 0 Å². The van der Waals surface area contributed by atoms with Crippen molar-refractivity contribution in [2.24, 2.45) is 11.5 Å². The summed E-state index contributed by atoms with van der Waals surface area (Å²) in [6.45, 7) is 1.30. The summed E-state index contributed by atoms with van der Waals surface area (Å²) in [5.74, 6) is -0.387. The molecule has 2 atom stereocenters. The minimum Gasteiger partial charge on any atom is -0.378 e. The molecule has 5 nitrogen and oxygen atoms in total. The maximum Gasteiger partial charge on any atom is 0.237 e. The van der Waals surface area contributed by atoms with Crippen molar-refractivity contribution in [1.29, 1.82) is 0 Å². The molecule has 2 aliphatic heterocycles. The molecule has 2 rings (SSSR count). The normalized spacial score (nSPS) is 43.6. The Morgan fingerprint density at radius 2 is 1.93 bits per heavy atom. The lowest BCUT2D eigenvalue weighted by atomic mass is 9.79. The van der Waals surface area contributed by atoms with Crippen molar-refractivity contribution in [2.75, 3.05) is 20.3 Å². The fraction of sp³-hybridized carbons (Fsp3) is 0.889. The number of fused-ring (bicyclic) bond motifs is 2. The predicted molar refractivity (Wildman–Crippen MR) is 51.5 cm³/mol. The molecule has 2 unspecified atom stereocenters. The number of nitrogens with two attached hydrogens (primary N) is 2. The first-order chi connectivity index (χ1) is 6.53. The third-order valence-electron chi connectivity index (χ3n) is 3.46. The summed E-state index contributed by atoms with van der Waals surface area (Å²) in [6.07, 6.45) is 1.21. The van der Waals surface area contributed by atoms with Crippen LogP contribution in [0.25, 0.3) is 0 Å². The fourth-order valence-corrected chi connectivity index (χ4v) is 2.40. The van der Waals surface area contributed by atoms with Gasteiger partial charge in [0, 0.05) is 12.1 Å². The van der Waals surface area contributed by atoms with Gasteiger partial charge < -0.3 is 16.2 Å². The van der Waals surface area contributed by atoms with Crippen LogP contribution in [-0.4, -0.2) is 48.7 Å². The van der Waals surface area contributed by atoms with E-state index >= 15 is 0 Å². The van der Waals surface area contributed by atoms with Crippen LogP contribution in [0.4, 0.5) is 0 Å². The molecule has 0 aromatic carbocycles. The Morgan fingerprint density at radius 3 is 2.36 bits per heavy atom. The number of amides is 1. The van der Waals surface area contributed by atoms with Crippen molar-refractivity contribution in [3.8, 4) is 0 Å². The summed E-state index contributed by atoms with van der Waals surface area (Å²) in [4.78, 5) is 13.5. The Hall–Kier alpha value is -0.650. The van der Waals surface area contributed by atoms with Crippen molar-refractivity contribution >= 4 is 5.91 Å². The van der Waals surface area contributed by atoms with Crippen LogP contribution in [0.3, 0.4) is 0 Å². The van der Waals surface area contributed by atoms with Crippen LogP contribution in [0.15, 0.2) is 0 Å². The van der Waals surface area contributed by atoms with Gasteiger partial charge in [-0.2, -0.15) is 0 Å². The number of primary amides is 1. The molecule has 2 saturated heterocycles. The quantitative estimate of drug-likeness (QED) is 0.548.